The highest BCUT2D eigenvalue weighted by atomic mass is 16.5. The van der Waals surface area contributed by atoms with Crippen molar-refractivity contribution in [3.63, 3.8) is 0 Å². The predicted molar refractivity (Wildman–Crippen MR) is 77.9 cm³/mol. The molecule has 0 N–H and O–H groups in total. The minimum atomic E-state index is 0.391. The highest BCUT2D eigenvalue weighted by molar-refractivity contribution is 5.43. The molecule has 2 aromatic carbocycles. The van der Waals surface area contributed by atoms with E-state index in [0.29, 0.717) is 12.5 Å². The number of fused-ring (bicyclic) bond motifs is 1. The molecule has 0 amide bonds. The van der Waals surface area contributed by atoms with Crippen LogP contribution in [0.25, 0.3) is 0 Å². The van der Waals surface area contributed by atoms with Gasteiger partial charge in [0.1, 0.15) is 17.2 Å². The third-order valence-corrected chi connectivity index (χ3v) is 3.77. The summed E-state index contributed by atoms with van der Waals surface area (Å²) in [5.74, 6) is 3.05. The lowest BCUT2D eigenvalue weighted by Crippen LogP contribution is -2.19. The molecule has 0 aromatic heterocycles. The molecule has 3 rings (SSSR count). The Morgan fingerprint density at radius 2 is 1.65 bits per heavy atom. The molecule has 0 saturated carbocycles. The van der Waals surface area contributed by atoms with E-state index in [1.54, 1.807) is 14.2 Å². The highest BCUT2D eigenvalue weighted by Crippen LogP contribution is 2.35. The zero-order chi connectivity index (χ0) is 13.9. The maximum atomic E-state index is 5.88. The molecule has 3 nitrogen and oxygen atoms in total. The molecule has 104 valence electrons. The number of rotatable bonds is 3. The van der Waals surface area contributed by atoms with Crippen LogP contribution in [0.4, 0.5) is 0 Å². The van der Waals surface area contributed by atoms with Crippen molar-refractivity contribution >= 4 is 0 Å². The van der Waals surface area contributed by atoms with Gasteiger partial charge in [0.2, 0.25) is 0 Å². The molecule has 0 saturated heterocycles. The van der Waals surface area contributed by atoms with Gasteiger partial charge in [-0.1, -0.05) is 18.2 Å². The molecule has 0 unspecified atom stereocenters. The van der Waals surface area contributed by atoms with Gasteiger partial charge in [-0.05, 0) is 35.7 Å². The van der Waals surface area contributed by atoms with E-state index < -0.39 is 0 Å². The SMILES string of the molecule is COc1ccc([C@H]2COc3cc(OC)ccc3C2)cc1. The minimum absolute atomic E-state index is 0.391. The van der Waals surface area contributed by atoms with Crippen LogP contribution in [-0.4, -0.2) is 20.8 Å². The summed E-state index contributed by atoms with van der Waals surface area (Å²) in [6.45, 7) is 0.701. The Morgan fingerprint density at radius 1 is 0.950 bits per heavy atom. The van der Waals surface area contributed by atoms with Crippen LogP contribution in [0.15, 0.2) is 42.5 Å². The van der Waals surface area contributed by atoms with Crippen LogP contribution in [0.2, 0.25) is 0 Å². The zero-order valence-electron chi connectivity index (χ0n) is 11.8. The largest absolute Gasteiger partial charge is 0.497 e. The first-order valence-corrected chi connectivity index (χ1v) is 6.74. The molecular weight excluding hydrogens is 252 g/mol. The Morgan fingerprint density at radius 3 is 2.35 bits per heavy atom. The molecule has 2 aromatic rings. The summed E-state index contributed by atoms with van der Waals surface area (Å²) in [6, 6.07) is 14.3. The van der Waals surface area contributed by atoms with Gasteiger partial charge in [-0.3, -0.25) is 0 Å². The second-order valence-corrected chi connectivity index (χ2v) is 4.96. The minimum Gasteiger partial charge on any atom is -0.497 e. The predicted octanol–water partition coefficient (Wildman–Crippen LogP) is 3.42. The molecule has 20 heavy (non-hydrogen) atoms. The highest BCUT2D eigenvalue weighted by Gasteiger charge is 2.21. The van der Waals surface area contributed by atoms with E-state index in [0.717, 1.165) is 23.7 Å². The maximum absolute atomic E-state index is 5.88. The van der Waals surface area contributed by atoms with Crippen LogP contribution in [0.3, 0.4) is 0 Å². The fraction of sp³-hybridized carbons (Fsp3) is 0.294. The van der Waals surface area contributed by atoms with E-state index in [9.17, 15) is 0 Å². The lowest BCUT2D eigenvalue weighted by Gasteiger charge is -2.26. The lowest BCUT2D eigenvalue weighted by molar-refractivity contribution is 0.261. The first-order chi connectivity index (χ1) is 9.80. The normalized spacial score (nSPS) is 17.0. The zero-order valence-corrected chi connectivity index (χ0v) is 11.8. The van der Waals surface area contributed by atoms with Gasteiger partial charge in [0.15, 0.2) is 0 Å². The Kier molecular flexibility index (Phi) is 3.50. The van der Waals surface area contributed by atoms with Gasteiger partial charge in [0.05, 0.1) is 20.8 Å². The Hall–Kier alpha value is -2.16. The molecule has 3 heteroatoms. The van der Waals surface area contributed by atoms with E-state index in [1.807, 2.05) is 24.3 Å². The van der Waals surface area contributed by atoms with E-state index in [1.165, 1.54) is 11.1 Å². The van der Waals surface area contributed by atoms with Gasteiger partial charge >= 0.3 is 0 Å². The molecule has 0 bridgehead atoms. The van der Waals surface area contributed by atoms with Crippen molar-refractivity contribution < 1.29 is 14.2 Å². The second-order valence-electron chi connectivity index (χ2n) is 4.96. The Labute approximate surface area is 119 Å². The Bertz CT molecular complexity index is 590. The monoisotopic (exact) mass is 270 g/mol. The number of benzene rings is 2. The van der Waals surface area contributed by atoms with Crippen LogP contribution in [0.5, 0.6) is 17.2 Å². The third kappa shape index (κ3) is 2.44. The average Bonchev–Trinajstić information content (AvgIpc) is 2.54. The van der Waals surface area contributed by atoms with Crippen molar-refractivity contribution in [3.8, 4) is 17.2 Å². The van der Waals surface area contributed by atoms with Gasteiger partial charge in [0.25, 0.3) is 0 Å². The molecule has 0 spiro atoms. The van der Waals surface area contributed by atoms with Gasteiger partial charge in [-0.2, -0.15) is 0 Å². The fourth-order valence-electron chi connectivity index (χ4n) is 2.57. The molecule has 0 aliphatic carbocycles. The summed E-state index contributed by atoms with van der Waals surface area (Å²) in [6.07, 6.45) is 0.992. The van der Waals surface area contributed by atoms with Crippen molar-refractivity contribution in [3.05, 3.63) is 53.6 Å². The smallest absolute Gasteiger partial charge is 0.126 e. The second kappa shape index (κ2) is 5.45. The number of methoxy groups -OCH3 is 2. The molecule has 0 fully saturated rings. The van der Waals surface area contributed by atoms with E-state index >= 15 is 0 Å². The van der Waals surface area contributed by atoms with E-state index in [4.69, 9.17) is 14.2 Å². The van der Waals surface area contributed by atoms with Crippen LogP contribution in [0, 0.1) is 0 Å². The number of ether oxygens (including phenoxy) is 3. The van der Waals surface area contributed by atoms with Gasteiger partial charge in [0, 0.05) is 12.0 Å². The molecule has 1 atom stereocenters. The van der Waals surface area contributed by atoms with Gasteiger partial charge in [-0.25, -0.2) is 0 Å². The quantitative estimate of drug-likeness (QED) is 0.855. The molecule has 1 heterocycles. The number of hydrogen-bond donors (Lipinski definition) is 0. The summed E-state index contributed by atoms with van der Waals surface area (Å²) in [5, 5.41) is 0. The standard InChI is InChI=1S/C17H18O3/c1-18-15-6-3-12(4-7-15)14-9-13-5-8-16(19-2)10-17(13)20-11-14/h3-8,10,14H,9,11H2,1-2H3/t14-/m1/s1. The molecule has 0 radical (unpaired) electrons. The van der Waals surface area contributed by atoms with Crippen molar-refractivity contribution in [1.82, 2.24) is 0 Å². The first kappa shape index (κ1) is 12.9. The summed E-state index contributed by atoms with van der Waals surface area (Å²) < 4.78 is 16.3. The lowest BCUT2D eigenvalue weighted by atomic mass is 9.90. The van der Waals surface area contributed by atoms with E-state index in [2.05, 4.69) is 18.2 Å². The van der Waals surface area contributed by atoms with Crippen molar-refractivity contribution in [2.45, 2.75) is 12.3 Å². The van der Waals surface area contributed by atoms with Gasteiger partial charge < -0.3 is 14.2 Å². The van der Waals surface area contributed by atoms with E-state index in [-0.39, 0.29) is 0 Å². The van der Waals surface area contributed by atoms with Crippen molar-refractivity contribution in [1.29, 1.82) is 0 Å². The summed E-state index contributed by atoms with van der Waals surface area (Å²) in [7, 11) is 3.35. The molecular formula is C17H18O3. The van der Waals surface area contributed by atoms with Crippen LogP contribution >= 0.6 is 0 Å². The van der Waals surface area contributed by atoms with Crippen molar-refractivity contribution in [2.75, 3.05) is 20.8 Å². The number of hydrogen-bond acceptors (Lipinski definition) is 3. The Balaban J connectivity index is 1.80. The maximum Gasteiger partial charge on any atom is 0.126 e. The summed E-state index contributed by atoms with van der Waals surface area (Å²) in [5.41, 5.74) is 2.52. The first-order valence-electron chi connectivity index (χ1n) is 6.74. The topological polar surface area (TPSA) is 27.7 Å². The third-order valence-electron chi connectivity index (χ3n) is 3.77. The average molecular weight is 270 g/mol. The summed E-state index contributed by atoms with van der Waals surface area (Å²) in [4.78, 5) is 0. The summed E-state index contributed by atoms with van der Waals surface area (Å²) >= 11 is 0. The van der Waals surface area contributed by atoms with Crippen LogP contribution < -0.4 is 14.2 Å². The van der Waals surface area contributed by atoms with Crippen LogP contribution in [-0.2, 0) is 6.42 Å². The van der Waals surface area contributed by atoms with Crippen molar-refractivity contribution in [2.24, 2.45) is 0 Å². The van der Waals surface area contributed by atoms with Gasteiger partial charge in [-0.15, -0.1) is 0 Å². The fourth-order valence-corrected chi connectivity index (χ4v) is 2.57. The molecule has 1 aliphatic heterocycles. The molecule has 1 aliphatic rings. The van der Waals surface area contributed by atoms with Crippen LogP contribution in [0.1, 0.15) is 17.0 Å².